The largest absolute Gasteiger partial charge is 0.478 e. The number of hydrogen-bond acceptors (Lipinski definition) is 6. The van der Waals surface area contributed by atoms with Gasteiger partial charge >= 0.3 is 5.97 Å². The van der Waals surface area contributed by atoms with Crippen molar-refractivity contribution in [2.75, 3.05) is 5.32 Å². The average Bonchev–Trinajstić information content (AvgIpc) is 3.21. The molecule has 2 aromatic carbocycles. The maximum absolute atomic E-state index is 11.1. The van der Waals surface area contributed by atoms with Crippen LogP contribution in [0.5, 0.6) is 0 Å². The second-order valence-electron chi connectivity index (χ2n) is 6.00. The van der Waals surface area contributed by atoms with Crippen LogP contribution in [0.15, 0.2) is 82.7 Å². The monoisotopic (exact) mass is 409 g/mol. The SMILES string of the molecule is N=C(/C(=C\Nc1cc(C(=O)O)cs1)Cc1ccc(SN)cc1)c1ccccc1. The van der Waals surface area contributed by atoms with Crippen LogP contribution < -0.4 is 10.5 Å². The number of anilines is 1. The summed E-state index contributed by atoms with van der Waals surface area (Å²) in [6.45, 7) is 0. The smallest absolute Gasteiger partial charge is 0.336 e. The summed E-state index contributed by atoms with van der Waals surface area (Å²) in [6, 6.07) is 19.0. The van der Waals surface area contributed by atoms with Gasteiger partial charge in [-0.3, -0.25) is 10.5 Å². The second kappa shape index (κ2) is 9.36. The molecule has 0 saturated carbocycles. The van der Waals surface area contributed by atoms with Crippen molar-refractivity contribution in [1.82, 2.24) is 0 Å². The first-order valence-electron chi connectivity index (χ1n) is 8.44. The number of nitrogens with two attached hydrogens (primary N) is 1. The highest BCUT2D eigenvalue weighted by molar-refractivity contribution is 7.97. The van der Waals surface area contributed by atoms with Crippen molar-refractivity contribution in [3.63, 3.8) is 0 Å². The Bertz CT molecular complexity index is 996. The molecule has 3 rings (SSSR count). The molecule has 0 radical (unpaired) electrons. The Morgan fingerprint density at radius 1 is 1.14 bits per heavy atom. The van der Waals surface area contributed by atoms with E-state index in [1.54, 1.807) is 17.6 Å². The van der Waals surface area contributed by atoms with Crippen molar-refractivity contribution in [3.8, 4) is 0 Å². The lowest BCUT2D eigenvalue weighted by molar-refractivity contribution is 0.0697. The minimum atomic E-state index is -0.955. The quantitative estimate of drug-likeness (QED) is 0.309. The molecule has 5 N–H and O–H groups in total. The number of allylic oxidation sites excluding steroid dienone is 1. The molecular formula is C21H19N3O2S2. The zero-order valence-electron chi connectivity index (χ0n) is 14.9. The molecule has 142 valence electrons. The lowest BCUT2D eigenvalue weighted by atomic mass is 9.97. The van der Waals surface area contributed by atoms with Crippen LogP contribution in [0, 0.1) is 5.41 Å². The molecule has 0 aliphatic carbocycles. The molecule has 5 nitrogen and oxygen atoms in total. The van der Waals surface area contributed by atoms with Crippen LogP contribution in [-0.4, -0.2) is 16.8 Å². The Morgan fingerprint density at radius 2 is 1.86 bits per heavy atom. The van der Waals surface area contributed by atoms with E-state index in [-0.39, 0.29) is 5.56 Å². The molecular weight excluding hydrogens is 390 g/mol. The third-order valence-corrected chi connectivity index (χ3v) is 5.48. The molecule has 0 saturated heterocycles. The van der Waals surface area contributed by atoms with Gasteiger partial charge < -0.3 is 10.4 Å². The molecule has 7 heteroatoms. The molecule has 0 fully saturated rings. The van der Waals surface area contributed by atoms with E-state index in [2.05, 4.69) is 5.32 Å². The van der Waals surface area contributed by atoms with E-state index in [0.717, 1.165) is 21.6 Å². The number of nitrogens with one attached hydrogen (secondary N) is 2. The van der Waals surface area contributed by atoms with Crippen LogP contribution in [0.3, 0.4) is 0 Å². The van der Waals surface area contributed by atoms with E-state index in [0.29, 0.717) is 17.1 Å². The highest BCUT2D eigenvalue weighted by atomic mass is 32.2. The predicted molar refractivity (Wildman–Crippen MR) is 116 cm³/mol. The first-order valence-corrected chi connectivity index (χ1v) is 10.2. The first kappa shape index (κ1) is 19.9. The van der Waals surface area contributed by atoms with Gasteiger partial charge in [0, 0.05) is 22.9 Å². The van der Waals surface area contributed by atoms with E-state index in [1.165, 1.54) is 23.3 Å². The van der Waals surface area contributed by atoms with Crippen molar-refractivity contribution < 1.29 is 9.90 Å². The third kappa shape index (κ3) is 5.10. The molecule has 0 amide bonds. The van der Waals surface area contributed by atoms with Gasteiger partial charge in [-0.15, -0.1) is 11.3 Å². The Kier molecular flexibility index (Phi) is 6.65. The van der Waals surface area contributed by atoms with Gasteiger partial charge in [0.25, 0.3) is 0 Å². The summed E-state index contributed by atoms with van der Waals surface area (Å²) in [4.78, 5) is 12.0. The fourth-order valence-corrected chi connectivity index (χ4v) is 3.63. The average molecular weight is 410 g/mol. The summed E-state index contributed by atoms with van der Waals surface area (Å²) in [5, 5.41) is 28.7. The number of carboxylic acids is 1. The summed E-state index contributed by atoms with van der Waals surface area (Å²) in [5.74, 6) is -0.955. The van der Waals surface area contributed by atoms with Gasteiger partial charge in [-0.2, -0.15) is 0 Å². The van der Waals surface area contributed by atoms with Crippen LogP contribution >= 0.6 is 23.3 Å². The number of carboxylic acid groups (broad SMARTS) is 1. The minimum absolute atomic E-state index is 0.246. The van der Waals surface area contributed by atoms with Crippen LogP contribution in [0.2, 0.25) is 0 Å². The van der Waals surface area contributed by atoms with Gasteiger partial charge in [0.2, 0.25) is 0 Å². The van der Waals surface area contributed by atoms with Crippen LogP contribution in [0.25, 0.3) is 0 Å². The molecule has 0 aliphatic heterocycles. The Hall–Kier alpha value is -2.87. The van der Waals surface area contributed by atoms with Crippen molar-refractivity contribution in [3.05, 3.63) is 94.5 Å². The summed E-state index contributed by atoms with van der Waals surface area (Å²) < 4.78 is 0. The highest BCUT2D eigenvalue weighted by Gasteiger charge is 2.11. The van der Waals surface area contributed by atoms with Gasteiger partial charge in [0.15, 0.2) is 0 Å². The fourth-order valence-electron chi connectivity index (χ4n) is 2.59. The van der Waals surface area contributed by atoms with E-state index in [4.69, 9.17) is 15.7 Å². The van der Waals surface area contributed by atoms with Crippen LogP contribution in [0.1, 0.15) is 21.5 Å². The van der Waals surface area contributed by atoms with E-state index in [1.807, 2.05) is 54.6 Å². The predicted octanol–water partition coefficient (Wildman–Crippen LogP) is 5.02. The minimum Gasteiger partial charge on any atom is -0.478 e. The number of benzene rings is 2. The number of hydrogen-bond donors (Lipinski definition) is 4. The highest BCUT2D eigenvalue weighted by Crippen LogP contribution is 2.22. The van der Waals surface area contributed by atoms with Crippen molar-refractivity contribution in [2.45, 2.75) is 11.3 Å². The molecule has 0 aliphatic rings. The lowest BCUT2D eigenvalue weighted by Gasteiger charge is -2.11. The Labute approximate surface area is 171 Å². The molecule has 0 spiro atoms. The summed E-state index contributed by atoms with van der Waals surface area (Å²) in [5.41, 5.74) is 3.34. The number of carbonyl (C=O) groups is 1. The zero-order valence-corrected chi connectivity index (χ0v) is 16.5. The maximum Gasteiger partial charge on any atom is 0.336 e. The summed E-state index contributed by atoms with van der Waals surface area (Å²) in [6.07, 6.45) is 2.34. The number of aromatic carboxylic acids is 1. The normalized spacial score (nSPS) is 11.2. The van der Waals surface area contributed by atoms with Crippen LogP contribution in [0.4, 0.5) is 5.00 Å². The van der Waals surface area contributed by atoms with Gasteiger partial charge in [-0.05, 0) is 46.8 Å². The molecule has 28 heavy (non-hydrogen) atoms. The number of rotatable bonds is 8. The molecule has 1 heterocycles. The standard InChI is InChI=1S/C21H19N3O2S2/c22-20(15-4-2-1-3-5-15)16(10-14-6-8-18(28-23)9-7-14)12-24-19-11-17(13-27-19)21(25)26/h1-9,11-13,22,24H,10,23H2,(H,25,26)/b16-12-,22-20?. The Morgan fingerprint density at radius 3 is 2.46 bits per heavy atom. The van der Waals surface area contributed by atoms with Gasteiger partial charge in [0.05, 0.1) is 16.3 Å². The van der Waals surface area contributed by atoms with Gasteiger partial charge in [-0.25, -0.2) is 4.79 Å². The van der Waals surface area contributed by atoms with Crippen molar-refractivity contribution in [2.24, 2.45) is 5.14 Å². The molecule has 0 bridgehead atoms. The molecule has 3 aromatic rings. The summed E-state index contributed by atoms with van der Waals surface area (Å²) >= 11 is 2.51. The molecule has 0 unspecified atom stereocenters. The molecule has 0 atom stereocenters. The zero-order chi connectivity index (χ0) is 19.9. The number of thiophene rings is 1. The van der Waals surface area contributed by atoms with E-state index >= 15 is 0 Å². The second-order valence-corrected chi connectivity index (χ2v) is 7.62. The first-order chi connectivity index (χ1) is 13.6. The molecule has 1 aromatic heterocycles. The topological polar surface area (TPSA) is 99.2 Å². The Balaban J connectivity index is 1.86. The van der Waals surface area contributed by atoms with Gasteiger partial charge in [0.1, 0.15) is 0 Å². The maximum atomic E-state index is 11.1. The lowest BCUT2D eigenvalue weighted by Crippen LogP contribution is -2.08. The van der Waals surface area contributed by atoms with E-state index in [9.17, 15) is 4.79 Å². The van der Waals surface area contributed by atoms with Crippen molar-refractivity contribution >= 4 is 40.0 Å². The van der Waals surface area contributed by atoms with Gasteiger partial charge in [-0.1, -0.05) is 42.5 Å². The van der Waals surface area contributed by atoms with Crippen LogP contribution in [-0.2, 0) is 6.42 Å². The third-order valence-electron chi connectivity index (χ3n) is 4.07. The van der Waals surface area contributed by atoms with Crippen molar-refractivity contribution in [1.29, 1.82) is 5.41 Å². The fraction of sp³-hybridized carbons (Fsp3) is 0.0476. The summed E-state index contributed by atoms with van der Waals surface area (Å²) in [7, 11) is 0. The van der Waals surface area contributed by atoms with E-state index < -0.39 is 5.97 Å².